The summed E-state index contributed by atoms with van der Waals surface area (Å²) in [6.45, 7) is 4.61. The number of benzene rings is 2. The molecule has 0 aliphatic carbocycles. The van der Waals surface area contributed by atoms with E-state index >= 15 is 0 Å². The number of methoxy groups -OCH3 is 1. The maximum atomic E-state index is 10.4. The monoisotopic (exact) mass is 299 g/mol. The van der Waals surface area contributed by atoms with Crippen molar-refractivity contribution in [2.45, 2.75) is 26.0 Å². The van der Waals surface area contributed by atoms with E-state index < -0.39 is 6.10 Å². The first-order chi connectivity index (χ1) is 10.7. The normalized spacial score (nSPS) is 12.4. The lowest BCUT2D eigenvalue weighted by atomic mass is 10.1. The van der Waals surface area contributed by atoms with Crippen LogP contribution in [0.2, 0.25) is 0 Å². The Morgan fingerprint density at radius 1 is 1.05 bits per heavy atom. The van der Waals surface area contributed by atoms with E-state index in [1.165, 1.54) is 5.56 Å². The number of nitrogens with zero attached hydrogens (tertiary/aromatic N) is 1. The molecule has 2 rings (SSSR count). The molecule has 3 nitrogen and oxygen atoms in total. The lowest BCUT2D eigenvalue weighted by molar-refractivity contribution is 0.109. The Morgan fingerprint density at radius 2 is 1.73 bits per heavy atom. The third-order valence-corrected chi connectivity index (χ3v) is 3.72. The molecule has 0 aromatic heterocycles. The summed E-state index contributed by atoms with van der Waals surface area (Å²) in [5, 5.41) is 10.4. The fourth-order valence-electron chi connectivity index (χ4n) is 2.57. The van der Waals surface area contributed by atoms with Crippen LogP contribution in [0.5, 0.6) is 5.75 Å². The van der Waals surface area contributed by atoms with Crippen molar-refractivity contribution in [3.63, 3.8) is 0 Å². The lowest BCUT2D eigenvalue weighted by Gasteiger charge is -2.25. The van der Waals surface area contributed by atoms with Crippen LogP contribution >= 0.6 is 0 Å². The number of aliphatic hydroxyl groups excluding tert-OH is 1. The van der Waals surface area contributed by atoms with Gasteiger partial charge >= 0.3 is 0 Å². The molecule has 0 saturated carbocycles. The molecule has 0 spiro atoms. The first-order valence-electron chi connectivity index (χ1n) is 7.81. The molecular weight excluding hydrogens is 274 g/mol. The minimum atomic E-state index is -0.453. The second-order valence-corrected chi connectivity index (χ2v) is 5.51. The summed E-state index contributed by atoms with van der Waals surface area (Å²) in [6, 6.07) is 18.0. The predicted molar refractivity (Wildman–Crippen MR) is 90.0 cm³/mol. The van der Waals surface area contributed by atoms with Gasteiger partial charge in [0, 0.05) is 13.1 Å². The van der Waals surface area contributed by atoms with E-state index in [0.29, 0.717) is 6.54 Å². The predicted octanol–water partition coefficient (Wildman–Crippen LogP) is 3.64. The maximum Gasteiger partial charge on any atom is 0.118 e. The van der Waals surface area contributed by atoms with Crippen molar-refractivity contribution >= 4 is 0 Å². The summed E-state index contributed by atoms with van der Waals surface area (Å²) in [5.41, 5.74) is 2.20. The van der Waals surface area contributed by atoms with Crippen LogP contribution in [0.4, 0.5) is 0 Å². The van der Waals surface area contributed by atoms with Gasteiger partial charge in [-0.15, -0.1) is 0 Å². The molecule has 0 heterocycles. The van der Waals surface area contributed by atoms with Crippen molar-refractivity contribution in [3.8, 4) is 5.75 Å². The molecule has 2 aromatic carbocycles. The van der Waals surface area contributed by atoms with Crippen molar-refractivity contribution in [2.75, 3.05) is 20.2 Å². The summed E-state index contributed by atoms with van der Waals surface area (Å²) in [7, 11) is 1.68. The molecule has 0 radical (unpaired) electrons. The Bertz CT molecular complexity index is 539. The van der Waals surface area contributed by atoms with Gasteiger partial charge in [-0.2, -0.15) is 0 Å². The van der Waals surface area contributed by atoms with E-state index in [9.17, 15) is 5.11 Å². The third-order valence-electron chi connectivity index (χ3n) is 3.72. The highest BCUT2D eigenvalue weighted by molar-refractivity contribution is 5.27. The van der Waals surface area contributed by atoms with E-state index in [-0.39, 0.29) is 0 Å². The van der Waals surface area contributed by atoms with Gasteiger partial charge in [0.05, 0.1) is 13.2 Å². The van der Waals surface area contributed by atoms with E-state index in [4.69, 9.17) is 4.74 Å². The van der Waals surface area contributed by atoms with Crippen LogP contribution in [0.15, 0.2) is 54.6 Å². The Balaban J connectivity index is 1.99. The van der Waals surface area contributed by atoms with Gasteiger partial charge < -0.3 is 9.84 Å². The van der Waals surface area contributed by atoms with Crippen molar-refractivity contribution in [3.05, 3.63) is 65.7 Å². The molecule has 1 N–H and O–H groups in total. The van der Waals surface area contributed by atoms with Gasteiger partial charge in [-0.1, -0.05) is 49.4 Å². The largest absolute Gasteiger partial charge is 0.497 e. The number of aliphatic hydroxyl groups is 1. The summed E-state index contributed by atoms with van der Waals surface area (Å²) in [5.74, 6) is 0.870. The first-order valence-corrected chi connectivity index (χ1v) is 7.81. The molecule has 0 fully saturated rings. The summed E-state index contributed by atoms with van der Waals surface area (Å²) in [6.07, 6.45) is 0.614. The molecule has 0 aliphatic heterocycles. The Hall–Kier alpha value is -1.84. The van der Waals surface area contributed by atoms with Crippen molar-refractivity contribution < 1.29 is 9.84 Å². The second-order valence-electron chi connectivity index (χ2n) is 5.51. The molecule has 2 aromatic rings. The Kier molecular flexibility index (Phi) is 6.44. The van der Waals surface area contributed by atoms with Crippen LogP contribution in [-0.4, -0.2) is 30.2 Å². The van der Waals surface area contributed by atoms with Crippen LogP contribution in [-0.2, 0) is 6.54 Å². The molecule has 0 saturated heterocycles. The maximum absolute atomic E-state index is 10.4. The van der Waals surface area contributed by atoms with Crippen LogP contribution < -0.4 is 4.74 Å². The molecule has 118 valence electrons. The van der Waals surface area contributed by atoms with E-state index in [1.807, 2.05) is 42.5 Å². The topological polar surface area (TPSA) is 32.7 Å². The molecular formula is C19H25NO2. The highest BCUT2D eigenvalue weighted by atomic mass is 16.5. The van der Waals surface area contributed by atoms with Gasteiger partial charge in [-0.3, -0.25) is 4.90 Å². The smallest absolute Gasteiger partial charge is 0.118 e. The van der Waals surface area contributed by atoms with Gasteiger partial charge in [0.1, 0.15) is 5.75 Å². The standard InChI is InChI=1S/C19H25NO2/c1-3-13-20(14-16-9-11-18(22-2)12-10-16)15-19(21)17-7-5-4-6-8-17/h4-12,19,21H,3,13-15H2,1-2H3. The highest BCUT2D eigenvalue weighted by Crippen LogP contribution is 2.17. The van der Waals surface area contributed by atoms with Crippen molar-refractivity contribution in [2.24, 2.45) is 0 Å². The summed E-state index contributed by atoms with van der Waals surface area (Å²) >= 11 is 0. The van der Waals surface area contributed by atoms with E-state index in [0.717, 1.165) is 30.8 Å². The number of hydrogen-bond acceptors (Lipinski definition) is 3. The highest BCUT2D eigenvalue weighted by Gasteiger charge is 2.13. The molecule has 0 amide bonds. The van der Waals surface area contributed by atoms with Crippen LogP contribution in [0.3, 0.4) is 0 Å². The SMILES string of the molecule is CCCN(Cc1ccc(OC)cc1)CC(O)c1ccccc1. The van der Waals surface area contributed by atoms with Crippen LogP contribution in [0, 0.1) is 0 Å². The fourth-order valence-corrected chi connectivity index (χ4v) is 2.57. The zero-order valence-electron chi connectivity index (χ0n) is 13.4. The zero-order valence-corrected chi connectivity index (χ0v) is 13.4. The molecule has 1 atom stereocenters. The Morgan fingerprint density at radius 3 is 2.32 bits per heavy atom. The molecule has 0 aliphatic rings. The van der Waals surface area contributed by atoms with Gasteiger partial charge in [0.15, 0.2) is 0 Å². The quantitative estimate of drug-likeness (QED) is 0.808. The van der Waals surface area contributed by atoms with Crippen molar-refractivity contribution in [1.82, 2.24) is 4.90 Å². The van der Waals surface area contributed by atoms with Crippen LogP contribution in [0.25, 0.3) is 0 Å². The van der Waals surface area contributed by atoms with E-state index in [2.05, 4.69) is 24.0 Å². The zero-order chi connectivity index (χ0) is 15.8. The minimum absolute atomic E-state index is 0.453. The second kappa shape index (κ2) is 8.57. The van der Waals surface area contributed by atoms with Gasteiger partial charge in [-0.25, -0.2) is 0 Å². The molecule has 0 bridgehead atoms. The van der Waals surface area contributed by atoms with Gasteiger partial charge in [0.25, 0.3) is 0 Å². The molecule has 1 unspecified atom stereocenters. The summed E-state index contributed by atoms with van der Waals surface area (Å²) < 4.78 is 5.19. The summed E-state index contributed by atoms with van der Waals surface area (Å²) in [4.78, 5) is 2.29. The average molecular weight is 299 g/mol. The molecule has 3 heteroatoms. The number of hydrogen-bond donors (Lipinski definition) is 1. The fraction of sp³-hybridized carbons (Fsp3) is 0.368. The van der Waals surface area contributed by atoms with E-state index in [1.54, 1.807) is 7.11 Å². The first kappa shape index (κ1) is 16.5. The number of ether oxygens (including phenoxy) is 1. The van der Waals surface area contributed by atoms with Crippen LogP contribution in [0.1, 0.15) is 30.6 Å². The Labute approximate surface area is 133 Å². The van der Waals surface area contributed by atoms with Crippen molar-refractivity contribution in [1.29, 1.82) is 0 Å². The molecule has 22 heavy (non-hydrogen) atoms. The minimum Gasteiger partial charge on any atom is -0.497 e. The third kappa shape index (κ3) is 4.86. The average Bonchev–Trinajstić information content (AvgIpc) is 2.56. The number of rotatable bonds is 8. The van der Waals surface area contributed by atoms with Gasteiger partial charge in [-0.05, 0) is 36.2 Å². The van der Waals surface area contributed by atoms with Gasteiger partial charge in [0.2, 0.25) is 0 Å². The lowest BCUT2D eigenvalue weighted by Crippen LogP contribution is -2.29.